The summed E-state index contributed by atoms with van der Waals surface area (Å²) in [7, 11) is 0. The average molecular weight is 270 g/mol. The number of aromatic nitrogens is 4. The van der Waals surface area contributed by atoms with E-state index in [1.54, 1.807) is 23.3 Å². The van der Waals surface area contributed by atoms with Gasteiger partial charge in [0.05, 0.1) is 30.2 Å². The largest absolute Gasteiger partial charge is 0.355 e. The van der Waals surface area contributed by atoms with Gasteiger partial charge in [-0.05, 0) is 12.8 Å². The Morgan fingerprint density at radius 3 is 2.55 bits per heavy atom. The lowest BCUT2D eigenvalue weighted by Crippen LogP contribution is -2.19. The van der Waals surface area contributed by atoms with Crippen molar-refractivity contribution in [3.8, 4) is 5.82 Å². The molecular formula is C13H14N6O. The zero-order valence-corrected chi connectivity index (χ0v) is 10.9. The second kappa shape index (κ2) is 4.29. The van der Waals surface area contributed by atoms with Gasteiger partial charge in [-0.3, -0.25) is 4.79 Å². The highest BCUT2D eigenvalue weighted by Gasteiger charge is 2.23. The maximum Gasteiger partial charge on any atom is 0.255 e. The molecule has 1 saturated heterocycles. The van der Waals surface area contributed by atoms with Gasteiger partial charge in [0.15, 0.2) is 5.82 Å². The third-order valence-electron chi connectivity index (χ3n) is 3.74. The normalized spacial score (nSPS) is 17.4. The van der Waals surface area contributed by atoms with Crippen molar-refractivity contribution >= 4 is 11.7 Å². The second-order valence-corrected chi connectivity index (χ2v) is 5.04. The molecule has 1 N–H and O–H groups in total. The molecule has 0 radical (unpaired) electrons. The van der Waals surface area contributed by atoms with Crippen LogP contribution in [0.5, 0.6) is 0 Å². The van der Waals surface area contributed by atoms with Crippen LogP contribution in [0.15, 0.2) is 18.6 Å². The smallest absolute Gasteiger partial charge is 0.255 e. The molecule has 20 heavy (non-hydrogen) atoms. The molecule has 7 heteroatoms. The van der Waals surface area contributed by atoms with Gasteiger partial charge >= 0.3 is 0 Å². The minimum Gasteiger partial charge on any atom is -0.355 e. The topological polar surface area (TPSA) is 75.9 Å². The molecule has 1 amide bonds. The molecule has 2 aliphatic rings. The number of fused-ring (bicyclic) bond motifs is 1. The molecule has 2 aromatic rings. The molecular weight excluding hydrogens is 256 g/mol. The summed E-state index contributed by atoms with van der Waals surface area (Å²) in [5, 5.41) is 7.09. The second-order valence-electron chi connectivity index (χ2n) is 5.04. The van der Waals surface area contributed by atoms with Gasteiger partial charge in [-0.1, -0.05) is 0 Å². The van der Waals surface area contributed by atoms with Crippen LogP contribution >= 0.6 is 0 Å². The third-order valence-corrected chi connectivity index (χ3v) is 3.74. The third kappa shape index (κ3) is 1.74. The minimum atomic E-state index is -0.0760. The standard InChI is InChI=1S/C13H14N6O/c20-13-9-8-19(17-10(9)5-16-13)12-7-14-11(6-15-12)18-3-1-2-4-18/h6-8H,1-5H2,(H,16,20). The Kier molecular flexibility index (Phi) is 2.45. The van der Waals surface area contributed by atoms with Crippen LogP contribution in [0, 0.1) is 0 Å². The van der Waals surface area contributed by atoms with E-state index in [2.05, 4.69) is 25.3 Å². The zero-order valence-electron chi connectivity index (χ0n) is 10.9. The van der Waals surface area contributed by atoms with E-state index in [-0.39, 0.29) is 5.91 Å². The van der Waals surface area contributed by atoms with Crippen molar-refractivity contribution in [3.63, 3.8) is 0 Å². The first-order valence-corrected chi connectivity index (χ1v) is 6.75. The molecule has 0 spiro atoms. The van der Waals surface area contributed by atoms with Crippen LogP contribution in [0.4, 0.5) is 5.82 Å². The molecule has 4 rings (SSSR count). The van der Waals surface area contributed by atoms with Gasteiger partial charge in [0.1, 0.15) is 5.82 Å². The van der Waals surface area contributed by atoms with Crippen molar-refractivity contribution in [2.75, 3.05) is 18.0 Å². The van der Waals surface area contributed by atoms with E-state index in [0.29, 0.717) is 17.9 Å². The van der Waals surface area contributed by atoms with Gasteiger partial charge in [0.2, 0.25) is 0 Å². The van der Waals surface area contributed by atoms with E-state index < -0.39 is 0 Å². The Labute approximate surface area is 115 Å². The Hall–Kier alpha value is -2.44. The SMILES string of the molecule is O=C1NCc2nn(-c3cnc(N4CCCC4)cn3)cc21. The Bertz CT molecular complexity index is 656. The fourth-order valence-electron chi connectivity index (χ4n) is 2.65. The molecule has 102 valence electrons. The number of nitrogens with one attached hydrogen (secondary N) is 1. The molecule has 0 aromatic carbocycles. The van der Waals surface area contributed by atoms with Crippen LogP contribution in [0.25, 0.3) is 5.82 Å². The number of anilines is 1. The first kappa shape index (κ1) is 11.4. The van der Waals surface area contributed by atoms with Crippen LogP contribution in [0.3, 0.4) is 0 Å². The van der Waals surface area contributed by atoms with Crippen molar-refractivity contribution in [2.24, 2.45) is 0 Å². The molecule has 0 saturated carbocycles. The monoisotopic (exact) mass is 270 g/mol. The van der Waals surface area contributed by atoms with Crippen molar-refractivity contribution < 1.29 is 4.79 Å². The molecule has 4 heterocycles. The quantitative estimate of drug-likeness (QED) is 0.860. The van der Waals surface area contributed by atoms with Crippen LogP contribution < -0.4 is 10.2 Å². The van der Waals surface area contributed by atoms with E-state index in [1.165, 1.54) is 12.8 Å². The number of rotatable bonds is 2. The van der Waals surface area contributed by atoms with Crippen molar-refractivity contribution in [1.82, 2.24) is 25.1 Å². The van der Waals surface area contributed by atoms with E-state index >= 15 is 0 Å². The number of nitrogens with zero attached hydrogens (tertiary/aromatic N) is 5. The molecule has 0 atom stereocenters. The van der Waals surface area contributed by atoms with Gasteiger partial charge in [0.25, 0.3) is 5.91 Å². The molecule has 0 bridgehead atoms. The van der Waals surface area contributed by atoms with Crippen molar-refractivity contribution in [1.29, 1.82) is 0 Å². The highest BCUT2D eigenvalue weighted by molar-refractivity contribution is 5.97. The first-order chi connectivity index (χ1) is 9.81. The van der Waals surface area contributed by atoms with Crippen molar-refractivity contribution in [3.05, 3.63) is 29.8 Å². The highest BCUT2D eigenvalue weighted by Crippen LogP contribution is 2.18. The summed E-state index contributed by atoms with van der Waals surface area (Å²) in [5.41, 5.74) is 1.39. The summed E-state index contributed by atoms with van der Waals surface area (Å²) in [6, 6.07) is 0. The average Bonchev–Trinajstić information content (AvgIpc) is 3.18. The summed E-state index contributed by atoms with van der Waals surface area (Å²) in [6.07, 6.45) is 7.60. The first-order valence-electron chi connectivity index (χ1n) is 6.75. The number of carbonyl (C=O) groups excluding carboxylic acids is 1. The minimum absolute atomic E-state index is 0.0760. The Morgan fingerprint density at radius 2 is 1.85 bits per heavy atom. The number of hydrogen-bond donors (Lipinski definition) is 1. The summed E-state index contributed by atoms with van der Waals surface area (Å²) in [6.45, 7) is 2.58. The molecule has 0 aliphatic carbocycles. The Balaban J connectivity index is 1.62. The highest BCUT2D eigenvalue weighted by atomic mass is 16.2. The maximum absolute atomic E-state index is 11.5. The molecule has 2 aliphatic heterocycles. The predicted octanol–water partition coefficient (Wildman–Crippen LogP) is 0.506. The van der Waals surface area contributed by atoms with Crippen molar-refractivity contribution in [2.45, 2.75) is 19.4 Å². The summed E-state index contributed by atoms with van der Waals surface area (Å²) < 4.78 is 1.62. The molecule has 2 aromatic heterocycles. The lowest BCUT2D eigenvalue weighted by molar-refractivity contribution is 0.0965. The van der Waals surface area contributed by atoms with E-state index in [4.69, 9.17) is 0 Å². The van der Waals surface area contributed by atoms with E-state index in [1.807, 2.05) is 0 Å². The van der Waals surface area contributed by atoms with Crippen LogP contribution in [0.1, 0.15) is 28.9 Å². The molecule has 7 nitrogen and oxygen atoms in total. The maximum atomic E-state index is 11.5. The fraction of sp³-hybridized carbons (Fsp3) is 0.385. The summed E-state index contributed by atoms with van der Waals surface area (Å²) in [5.74, 6) is 1.46. The summed E-state index contributed by atoms with van der Waals surface area (Å²) in [4.78, 5) is 22.6. The lowest BCUT2D eigenvalue weighted by Gasteiger charge is -2.15. The Morgan fingerprint density at radius 1 is 1.10 bits per heavy atom. The van der Waals surface area contributed by atoms with Gasteiger partial charge in [0, 0.05) is 19.3 Å². The summed E-state index contributed by atoms with van der Waals surface area (Å²) >= 11 is 0. The number of amides is 1. The van der Waals surface area contributed by atoms with Gasteiger partial charge in [-0.15, -0.1) is 0 Å². The van der Waals surface area contributed by atoms with Gasteiger partial charge in [-0.2, -0.15) is 5.10 Å². The van der Waals surface area contributed by atoms with E-state index in [9.17, 15) is 4.79 Å². The lowest BCUT2D eigenvalue weighted by atomic mass is 10.3. The van der Waals surface area contributed by atoms with E-state index in [0.717, 1.165) is 24.6 Å². The van der Waals surface area contributed by atoms with Gasteiger partial charge < -0.3 is 10.2 Å². The zero-order chi connectivity index (χ0) is 13.5. The predicted molar refractivity (Wildman–Crippen MR) is 71.8 cm³/mol. The van der Waals surface area contributed by atoms with Crippen LogP contribution in [-0.2, 0) is 6.54 Å². The number of carbonyl (C=O) groups is 1. The van der Waals surface area contributed by atoms with Crippen LogP contribution in [0.2, 0.25) is 0 Å². The molecule has 0 unspecified atom stereocenters. The molecule has 1 fully saturated rings. The number of hydrogen-bond acceptors (Lipinski definition) is 5. The van der Waals surface area contributed by atoms with Crippen LogP contribution in [-0.4, -0.2) is 38.7 Å². The van der Waals surface area contributed by atoms with Gasteiger partial charge in [-0.25, -0.2) is 14.6 Å². The fourth-order valence-corrected chi connectivity index (χ4v) is 2.65.